The number of carbonyl (C=O) groups excluding carboxylic acids is 2. The van der Waals surface area contributed by atoms with Gasteiger partial charge in [-0.3, -0.25) is 9.59 Å². The summed E-state index contributed by atoms with van der Waals surface area (Å²) in [4.78, 5) is 23.8. The lowest BCUT2D eigenvalue weighted by molar-refractivity contribution is -0.144. The van der Waals surface area contributed by atoms with Gasteiger partial charge in [-0.2, -0.15) is 0 Å². The molecule has 0 saturated heterocycles. The summed E-state index contributed by atoms with van der Waals surface area (Å²) < 4.78 is 6.42. The van der Waals surface area contributed by atoms with Crippen LogP contribution in [-0.2, 0) is 16.1 Å². The topological polar surface area (TPSA) is 74.1 Å². The predicted molar refractivity (Wildman–Crippen MR) is 106 cm³/mol. The Morgan fingerprint density at radius 1 is 1.08 bits per heavy atom. The molecule has 0 atom stereocenters. The summed E-state index contributed by atoms with van der Waals surface area (Å²) in [6.07, 6.45) is 0.817. The lowest BCUT2D eigenvalue weighted by Crippen LogP contribution is -2.53. The van der Waals surface area contributed by atoms with Crippen LogP contribution in [0.1, 0.15) is 59.0 Å². The van der Waals surface area contributed by atoms with E-state index in [9.17, 15) is 9.59 Å². The molecule has 26 heavy (non-hydrogen) atoms. The number of aldehydes is 1. The van der Waals surface area contributed by atoms with Crippen LogP contribution in [0.2, 0.25) is 18.1 Å². The molecule has 0 aliphatic carbocycles. The number of nitrogens with zero attached hydrogens (tertiary/aromatic N) is 3. The van der Waals surface area contributed by atoms with E-state index in [1.165, 1.54) is 4.68 Å². The third kappa shape index (κ3) is 6.04. The summed E-state index contributed by atoms with van der Waals surface area (Å²) in [7, 11) is -2.05. The molecule has 0 aliphatic heterocycles. The van der Waals surface area contributed by atoms with Crippen molar-refractivity contribution in [3.05, 3.63) is 5.69 Å². The van der Waals surface area contributed by atoms with Crippen LogP contribution >= 0.6 is 0 Å². The number of carbonyl (C=O) groups is 2. The van der Waals surface area contributed by atoms with Crippen LogP contribution in [-0.4, -0.2) is 41.9 Å². The van der Waals surface area contributed by atoms with Gasteiger partial charge < -0.3 is 4.74 Å². The largest absolute Gasteiger partial charge is 0.465 e. The minimum absolute atomic E-state index is 0.0651. The van der Waals surface area contributed by atoms with Gasteiger partial charge in [-0.1, -0.05) is 46.8 Å². The zero-order chi connectivity index (χ0) is 19.9. The summed E-state index contributed by atoms with van der Waals surface area (Å²) in [6.45, 7) is 15.4. The first-order valence-corrected chi connectivity index (χ1v) is 12.3. The van der Waals surface area contributed by atoms with Gasteiger partial charge in [0.1, 0.15) is 20.3 Å². The molecule has 1 heterocycles. The minimum atomic E-state index is -2.05. The highest BCUT2D eigenvalue weighted by atomic mass is 28.3. The fourth-order valence-electron chi connectivity index (χ4n) is 4.14. The highest BCUT2D eigenvalue weighted by Gasteiger charge is 2.42. The Morgan fingerprint density at radius 2 is 1.58 bits per heavy atom. The van der Waals surface area contributed by atoms with Crippen molar-refractivity contribution in [1.29, 1.82) is 0 Å². The van der Waals surface area contributed by atoms with Crippen molar-refractivity contribution in [2.24, 2.45) is 17.8 Å². The van der Waals surface area contributed by atoms with Crippen molar-refractivity contribution in [1.82, 2.24) is 15.0 Å². The van der Waals surface area contributed by atoms with Gasteiger partial charge in [-0.25, -0.2) is 4.68 Å². The molecule has 7 heteroatoms. The molecule has 0 amide bonds. The van der Waals surface area contributed by atoms with E-state index in [4.69, 9.17) is 4.74 Å². The highest BCUT2D eigenvalue weighted by Crippen LogP contribution is 2.32. The quantitative estimate of drug-likeness (QED) is 0.334. The van der Waals surface area contributed by atoms with Crippen molar-refractivity contribution in [2.45, 2.75) is 73.1 Å². The Balaban J connectivity index is 3.41. The Morgan fingerprint density at radius 3 is 1.96 bits per heavy atom. The number of esters is 1. The van der Waals surface area contributed by atoms with Crippen LogP contribution in [0.3, 0.4) is 0 Å². The van der Waals surface area contributed by atoms with Gasteiger partial charge in [-0.05, 0) is 42.8 Å². The maximum Gasteiger partial charge on any atom is 0.327 e. The third-order valence-electron chi connectivity index (χ3n) is 4.37. The SMILES string of the molecule is CCOC(=O)Cn1nnc([Si](CC(C)C)(CC(C)C)CC(C)C)c1C=O. The van der Waals surface area contributed by atoms with Crippen LogP contribution in [0, 0.1) is 17.8 Å². The molecule has 0 N–H and O–H groups in total. The van der Waals surface area contributed by atoms with Crippen LogP contribution < -0.4 is 5.32 Å². The number of rotatable bonds is 11. The average molecular weight is 382 g/mol. The first-order valence-electron chi connectivity index (χ1n) is 9.69. The lowest BCUT2D eigenvalue weighted by Gasteiger charge is -2.35. The minimum Gasteiger partial charge on any atom is -0.465 e. The maximum absolute atomic E-state index is 11.9. The monoisotopic (exact) mass is 381 g/mol. The average Bonchev–Trinajstić information content (AvgIpc) is 2.88. The first-order chi connectivity index (χ1) is 12.1. The van der Waals surface area contributed by atoms with Crippen LogP contribution in [0.25, 0.3) is 0 Å². The normalized spacial score (nSPS) is 12.2. The second-order valence-electron chi connectivity index (χ2n) is 8.48. The van der Waals surface area contributed by atoms with E-state index in [-0.39, 0.29) is 6.54 Å². The zero-order valence-corrected chi connectivity index (χ0v) is 18.4. The molecule has 6 nitrogen and oxygen atoms in total. The molecule has 0 unspecified atom stereocenters. The second kappa shape index (κ2) is 9.99. The van der Waals surface area contributed by atoms with E-state index in [0.29, 0.717) is 30.1 Å². The first kappa shape index (κ1) is 22.5. The molecule has 0 radical (unpaired) electrons. The van der Waals surface area contributed by atoms with Crippen molar-refractivity contribution in [3.8, 4) is 0 Å². The zero-order valence-electron chi connectivity index (χ0n) is 17.4. The fraction of sp³-hybridized carbons (Fsp3) is 0.789. The van der Waals surface area contributed by atoms with E-state index in [2.05, 4.69) is 51.9 Å². The van der Waals surface area contributed by atoms with Crippen LogP contribution in [0.4, 0.5) is 0 Å². The van der Waals surface area contributed by atoms with Gasteiger partial charge in [0.05, 0.1) is 11.9 Å². The molecular weight excluding hydrogens is 346 g/mol. The summed E-state index contributed by atoms with van der Waals surface area (Å²) >= 11 is 0. The molecule has 1 aromatic heterocycles. The van der Waals surface area contributed by atoms with Gasteiger partial charge in [0.25, 0.3) is 0 Å². The molecule has 0 spiro atoms. The molecule has 0 fully saturated rings. The summed E-state index contributed by atoms with van der Waals surface area (Å²) in [6, 6.07) is 3.22. The molecule has 1 rings (SSSR count). The maximum atomic E-state index is 11.9. The molecule has 0 aliphatic rings. The van der Waals surface area contributed by atoms with Crippen molar-refractivity contribution in [3.63, 3.8) is 0 Å². The molecule has 148 valence electrons. The van der Waals surface area contributed by atoms with E-state index in [1.54, 1.807) is 6.92 Å². The van der Waals surface area contributed by atoms with Gasteiger partial charge in [0, 0.05) is 0 Å². The molecular formula is C19H35N3O3Si. The highest BCUT2D eigenvalue weighted by molar-refractivity contribution is 6.92. The van der Waals surface area contributed by atoms with E-state index in [0.717, 1.165) is 29.7 Å². The molecule has 0 aromatic carbocycles. The third-order valence-corrected chi connectivity index (χ3v) is 10.5. The summed E-state index contributed by atoms with van der Waals surface area (Å²) in [5.41, 5.74) is 0.465. The van der Waals surface area contributed by atoms with E-state index in [1.807, 2.05) is 0 Å². The van der Waals surface area contributed by atoms with Crippen molar-refractivity contribution in [2.75, 3.05) is 6.61 Å². The Bertz CT molecular complexity index is 570. The van der Waals surface area contributed by atoms with E-state index >= 15 is 0 Å². The van der Waals surface area contributed by atoms with Crippen LogP contribution in [0.15, 0.2) is 0 Å². The fourth-order valence-corrected chi connectivity index (χ4v) is 10.9. The van der Waals surface area contributed by atoms with Gasteiger partial charge in [0.15, 0.2) is 6.29 Å². The van der Waals surface area contributed by atoms with Gasteiger partial charge >= 0.3 is 5.97 Å². The molecule has 0 saturated carbocycles. The molecule has 0 bridgehead atoms. The molecule has 1 aromatic rings. The standard InChI is InChI=1S/C19H35N3O3Si/c1-8-25-18(24)9-22-17(10-23)19(20-21-22)26(11-14(2)3,12-15(4)5)13-16(6)7/h10,14-16H,8-9,11-13H2,1-7H3. The van der Waals surface area contributed by atoms with Gasteiger partial charge in [0.2, 0.25) is 0 Å². The Labute approximate surface area is 158 Å². The lowest BCUT2D eigenvalue weighted by atomic mass is 10.2. The van der Waals surface area contributed by atoms with Crippen LogP contribution in [0.5, 0.6) is 0 Å². The summed E-state index contributed by atoms with van der Waals surface area (Å²) in [5, 5.41) is 9.50. The van der Waals surface area contributed by atoms with Crippen molar-refractivity contribution >= 4 is 25.6 Å². The van der Waals surface area contributed by atoms with E-state index < -0.39 is 14.0 Å². The van der Waals surface area contributed by atoms with Gasteiger partial charge in [-0.15, -0.1) is 5.10 Å². The number of ether oxygens (including phenoxy) is 1. The number of aromatic nitrogens is 3. The number of hydrogen-bond acceptors (Lipinski definition) is 5. The summed E-state index contributed by atoms with van der Waals surface area (Å²) in [5.74, 6) is 1.17. The predicted octanol–water partition coefficient (Wildman–Crippen LogP) is 3.28. The second-order valence-corrected chi connectivity index (χ2v) is 12.7. The smallest absolute Gasteiger partial charge is 0.327 e. The van der Waals surface area contributed by atoms with Crippen molar-refractivity contribution < 1.29 is 14.3 Å². The Kier molecular flexibility index (Phi) is 8.66. The Hall–Kier alpha value is -1.50. The number of hydrogen-bond donors (Lipinski definition) is 0.